The fraction of sp³-hybridized carbons (Fsp3) is 0.283. The van der Waals surface area contributed by atoms with Crippen molar-refractivity contribution in [1.29, 1.82) is 0 Å². The van der Waals surface area contributed by atoms with Gasteiger partial charge in [0.05, 0.1) is 18.7 Å². The molecule has 0 aromatic heterocycles. The van der Waals surface area contributed by atoms with Gasteiger partial charge in [0, 0.05) is 30.7 Å². The molecule has 1 saturated heterocycles. The second kappa shape index (κ2) is 16.9. The van der Waals surface area contributed by atoms with E-state index in [4.69, 9.17) is 4.74 Å². The van der Waals surface area contributed by atoms with Crippen molar-refractivity contribution >= 4 is 17.6 Å². The van der Waals surface area contributed by atoms with Crippen LogP contribution >= 0.6 is 0 Å². The molecule has 7 rings (SSSR count). The first kappa shape index (κ1) is 35.9. The third-order valence-corrected chi connectivity index (χ3v) is 10.6. The quantitative estimate of drug-likeness (QED) is 0.124. The lowest BCUT2D eigenvalue weighted by Crippen LogP contribution is -2.42. The van der Waals surface area contributed by atoms with Gasteiger partial charge in [-0.25, -0.2) is 0 Å². The second-order valence-corrected chi connectivity index (χ2v) is 14.5. The zero-order chi connectivity index (χ0) is 36.6. The second-order valence-electron chi connectivity index (χ2n) is 14.5. The number of hydrogen-bond acceptors (Lipinski definition) is 5. The average molecular weight is 707 g/mol. The minimum atomic E-state index is -0.738. The first-order chi connectivity index (χ1) is 25.9. The van der Waals surface area contributed by atoms with Crippen molar-refractivity contribution in [3.63, 3.8) is 0 Å². The zero-order valence-corrected chi connectivity index (χ0v) is 29.9. The van der Waals surface area contributed by atoms with Crippen LogP contribution in [0.3, 0.4) is 0 Å². The van der Waals surface area contributed by atoms with Gasteiger partial charge in [0.15, 0.2) is 5.78 Å². The van der Waals surface area contributed by atoms with Gasteiger partial charge in [-0.1, -0.05) is 127 Å². The van der Waals surface area contributed by atoms with Crippen LogP contribution in [0.2, 0.25) is 0 Å². The molecule has 7 heteroatoms. The van der Waals surface area contributed by atoms with Crippen LogP contribution < -0.4 is 10.1 Å². The summed E-state index contributed by atoms with van der Waals surface area (Å²) in [5, 5.41) is 13.9. The number of ketones is 1. The summed E-state index contributed by atoms with van der Waals surface area (Å²) in [6.07, 6.45) is 1.94. The maximum absolute atomic E-state index is 14.1. The highest BCUT2D eigenvalue weighted by atomic mass is 16.5. The van der Waals surface area contributed by atoms with Gasteiger partial charge >= 0.3 is 0 Å². The molecule has 1 aliphatic carbocycles. The molecule has 2 aliphatic rings. The number of benzene rings is 5. The molecule has 0 bridgehead atoms. The van der Waals surface area contributed by atoms with Crippen molar-refractivity contribution < 1.29 is 24.2 Å². The minimum absolute atomic E-state index is 0.0154. The van der Waals surface area contributed by atoms with Crippen LogP contribution in [0, 0.1) is 11.8 Å². The molecule has 270 valence electrons. The molecule has 5 aromatic carbocycles. The van der Waals surface area contributed by atoms with E-state index < -0.39 is 18.1 Å². The van der Waals surface area contributed by atoms with E-state index in [2.05, 4.69) is 5.32 Å². The summed E-state index contributed by atoms with van der Waals surface area (Å²) in [5.41, 5.74) is 6.11. The Labute approximate surface area is 311 Å². The Morgan fingerprint density at radius 1 is 0.736 bits per heavy atom. The summed E-state index contributed by atoms with van der Waals surface area (Å²) in [4.78, 5) is 43.8. The van der Waals surface area contributed by atoms with E-state index in [0.29, 0.717) is 38.7 Å². The van der Waals surface area contributed by atoms with E-state index in [-0.39, 0.29) is 42.5 Å². The molecule has 5 aromatic rings. The van der Waals surface area contributed by atoms with Crippen LogP contribution in [0.25, 0.3) is 0 Å². The van der Waals surface area contributed by atoms with E-state index in [1.807, 2.05) is 140 Å². The van der Waals surface area contributed by atoms with Crippen molar-refractivity contribution in [2.45, 2.75) is 63.3 Å². The number of carbonyl (C=O) groups excluding carboxylic acids is 3. The lowest BCUT2D eigenvalue weighted by atomic mass is 9.92. The topological polar surface area (TPSA) is 95.9 Å². The molecule has 5 atom stereocenters. The van der Waals surface area contributed by atoms with E-state index in [1.54, 1.807) is 4.90 Å². The third kappa shape index (κ3) is 9.10. The maximum atomic E-state index is 14.1. The summed E-state index contributed by atoms with van der Waals surface area (Å²) in [5.74, 6) is -0.587. The van der Waals surface area contributed by atoms with Gasteiger partial charge in [0.2, 0.25) is 11.8 Å². The predicted octanol–water partition coefficient (Wildman–Crippen LogP) is 6.86. The first-order valence-corrected chi connectivity index (χ1v) is 18.6. The lowest BCUT2D eigenvalue weighted by Gasteiger charge is -2.26. The fourth-order valence-electron chi connectivity index (χ4n) is 7.88. The minimum Gasteiger partial charge on any atom is -0.489 e. The number of fused-ring (bicyclic) bond motifs is 1. The number of aliphatic hydroxyl groups excluding tert-OH is 1. The van der Waals surface area contributed by atoms with Crippen LogP contribution in [0.1, 0.15) is 52.3 Å². The fourth-order valence-corrected chi connectivity index (χ4v) is 7.88. The van der Waals surface area contributed by atoms with Crippen LogP contribution in [-0.2, 0) is 46.7 Å². The standard InChI is InChI=1S/C46H46N2O5/c49-40(28-37(24-32-12-4-1-5-13-32)45(51)47-44-42-19-11-10-18-36(42)29-43(44)50)30-48-39(27-38(46(48)52)25-33-14-6-2-7-15-33)26-34-20-22-41(23-21-34)53-31-35-16-8-3-9-17-35/h1-23,37-39,43-44,50H,24-31H2,(H,47,51)/t37-,38+,39+,43-,44?/m1/s1. The number of amides is 2. The van der Waals surface area contributed by atoms with Gasteiger partial charge in [-0.2, -0.15) is 0 Å². The number of nitrogens with zero attached hydrogens (tertiary/aromatic N) is 1. The van der Waals surface area contributed by atoms with Crippen molar-refractivity contribution in [3.8, 4) is 5.75 Å². The van der Waals surface area contributed by atoms with E-state index in [1.165, 1.54) is 0 Å². The van der Waals surface area contributed by atoms with Gasteiger partial charge in [0.1, 0.15) is 12.4 Å². The maximum Gasteiger partial charge on any atom is 0.226 e. The highest BCUT2D eigenvalue weighted by Crippen LogP contribution is 2.33. The highest BCUT2D eigenvalue weighted by Gasteiger charge is 2.41. The van der Waals surface area contributed by atoms with Gasteiger partial charge in [-0.15, -0.1) is 0 Å². The molecule has 1 heterocycles. The van der Waals surface area contributed by atoms with Crippen molar-refractivity contribution in [2.24, 2.45) is 11.8 Å². The smallest absolute Gasteiger partial charge is 0.226 e. The summed E-state index contributed by atoms with van der Waals surface area (Å²) in [6.45, 7) is 0.423. The number of rotatable bonds is 15. The van der Waals surface area contributed by atoms with Crippen LogP contribution in [0.15, 0.2) is 140 Å². The Bertz CT molecular complexity index is 1980. The Balaban J connectivity index is 1.06. The van der Waals surface area contributed by atoms with Crippen molar-refractivity contribution in [3.05, 3.63) is 173 Å². The average Bonchev–Trinajstić information content (AvgIpc) is 3.65. The molecular formula is C46H46N2O5. The third-order valence-electron chi connectivity index (χ3n) is 10.6. The molecule has 1 unspecified atom stereocenters. The van der Waals surface area contributed by atoms with Crippen molar-refractivity contribution in [2.75, 3.05) is 6.54 Å². The largest absolute Gasteiger partial charge is 0.489 e. The molecule has 53 heavy (non-hydrogen) atoms. The number of nitrogens with one attached hydrogen (secondary N) is 1. The number of carbonyl (C=O) groups is 3. The molecule has 0 radical (unpaired) electrons. The zero-order valence-electron chi connectivity index (χ0n) is 29.9. The molecule has 0 saturated carbocycles. The summed E-state index contributed by atoms with van der Waals surface area (Å²) in [6, 6.07) is 44.7. The summed E-state index contributed by atoms with van der Waals surface area (Å²) < 4.78 is 6.00. The number of hydrogen-bond donors (Lipinski definition) is 2. The van der Waals surface area contributed by atoms with Gasteiger partial charge in [-0.3, -0.25) is 14.4 Å². The van der Waals surface area contributed by atoms with Crippen LogP contribution in [0.4, 0.5) is 0 Å². The van der Waals surface area contributed by atoms with E-state index >= 15 is 0 Å². The Hall–Kier alpha value is -5.53. The molecule has 2 amide bonds. The number of likely N-dealkylation sites (tertiary alicyclic amines) is 1. The predicted molar refractivity (Wildman–Crippen MR) is 205 cm³/mol. The molecule has 2 N–H and O–H groups in total. The van der Waals surface area contributed by atoms with Crippen LogP contribution in [-0.4, -0.2) is 46.3 Å². The monoisotopic (exact) mass is 706 g/mol. The van der Waals surface area contributed by atoms with E-state index in [0.717, 1.165) is 39.1 Å². The van der Waals surface area contributed by atoms with Crippen LogP contribution in [0.5, 0.6) is 5.75 Å². The highest BCUT2D eigenvalue weighted by molar-refractivity contribution is 5.92. The van der Waals surface area contributed by atoms with Gasteiger partial charge < -0.3 is 20.1 Å². The number of aliphatic hydroxyl groups is 1. The SMILES string of the molecule is O=C(C[C@@H](Cc1ccccc1)C(=O)NC1c2ccccc2C[C@H]1O)CN1C(=O)[C@@H](Cc2ccccc2)C[C@@H]1Cc1ccc(OCc2ccccc2)cc1. The normalized spacial score (nSPS) is 19.8. The lowest BCUT2D eigenvalue weighted by molar-refractivity contribution is -0.137. The summed E-state index contributed by atoms with van der Waals surface area (Å²) in [7, 11) is 0. The summed E-state index contributed by atoms with van der Waals surface area (Å²) >= 11 is 0. The van der Waals surface area contributed by atoms with Gasteiger partial charge in [-0.05, 0) is 71.2 Å². The first-order valence-electron chi connectivity index (χ1n) is 18.6. The molecule has 1 aliphatic heterocycles. The Morgan fingerprint density at radius 2 is 1.34 bits per heavy atom. The molecule has 7 nitrogen and oxygen atoms in total. The number of ether oxygens (including phenoxy) is 1. The van der Waals surface area contributed by atoms with E-state index in [9.17, 15) is 19.5 Å². The molecule has 1 fully saturated rings. The van der Waals surface area contributed by atoms with Crippen molar-refractivity contribution in [1.82, 2.24) is 10.2 Å². The Morgan fingerprint density at radius 3 is 2.04 bits per heavy atom. The number of Topliss-reactive ketones (excluding diaryl/α,β-unsaturated/α-hetero) is 1. The molecular weight excluding hydrogens is 661 g/mol. The molecule has 0 spiro atoms. The Kier molecular flexibility index (Phi) is 11.4. The van der Waals surface area contributed by atoms with Gasteiger partial charge in [0.25, 0.3) is 0 Å².